The lowest BCUT2D eigenvalue weighted by Gasteiger charge is -2.30. The van der Waals surface area contributed by atoms with Crippen molar-refractivity contribution in [2.24, 2.45) is 5.73 Å². The molecule has 1 aliphatic heterocycles. The van der Waals surface area contributed by atoms with Crippen LogP contribution in [0.4, 0.5) is 18.2 Å². The first-order valence-electron chi connectivity index (χ1n) is 8.39. The molecule has 2 amide bonds. The summed E-state index contributed by atoms with van der Waals surface area (Å²) in [4.78, 5) is 24.0. The predicted molar refractivity (Wildman–Crippen MR) is 100 cm³/mol. The van der Waals surface area contributed by atoms with E-state index in [4.69, 9.17) is 5.73 Å². The third kappa shape index (κ3) is 4.43. The molecule has 0 saturated carbocycles. The number of sulfonamides is 1. The number of alkyl halides is 2. The summed E-state index contributed by atoms with van der Waals surface area (Å²) < 4.78 is 66.5. The van der Waals surface area contributed by atoms with Gasteiger partial charge in [0, 0.05) is 25.9 Å². The zero-order valence-electron chi connectivity index (χ0n) is 14.8. The highest BCUT2D eigenvalue weighted by Gasteiger charge is 2.39. The summed E-state index contributed by atoms with van der Waals surface area (Å²) in [5.74, 6) is -5.63. The second kappa shape index (κ2) is 7.76. The number of anilines is 1. The van der Waals surface area contributed by atoms with E-state index < -0.39 is 46.4 Å². The molecule has 3 N–H and O–H groups in total. The minimum Gasteiger partial charge on any atom is -0.366 e. The third-order valence-electron chi connectivity index (χ3n) is 4.37. The average molecular weight is 447 g/mol. The van der Waals surface area contributed by atoms with Gasteiger partial charge in [0.1, 0.15) is 15.0 Å². The number of nitrogens with two attached hydrogens (primary N) is 1. The lowest BCUT2D eigenvalue weighted by atomic mass is 10.1. The number of rotatable bonds is 5. The number of nitrogens with one attached hydrogen (secondary N) is 1. The standard InChI is InChI=1S/C17H16F3N3O4S2/c18-12-4-2-1-3-10(12)15(25)22-16-11(14(21)24)9-13(28-16)29(26,27)23-7-5-17(19,20)6-8-23/h1-4,9H,5-8H2,(H2,21,24)(H,22,25). The summed E-state index contributed by atoms with van der Waals surface area (Å²) >= 11 is 0.545. The lowest BCUT2D eigenvalue weighted by molar-refractivity contribution is -0.0411. The fraction of sp³-hybridized carbons (Fsp3) is 0.294. The number of carbonyl (C=O) groups excluding carboxylic acids is 2. The highest BCUT2D eigenvalue weighted by atomic mass is 32.2. The van der Waals surface area contributed by atoms with E-state index in [1.54, 1.807) is 0 Å². The van der Waals surface area contributed by atoms with Crippen LogP contribution in [0, 0.1) is 5.82 Å². The van der Waals surface area contributed by atoms with Gasteiger partial charge in [-0.05, 0) is 18.2 Å². The van der Waals surface area contributed by atoms with Crippen molar-refractivity contribution in [3.8, 4) is 0 Å². The number of nitrogens with zero attached hydrogens (tertiary/aromatic N) is 1. The Morgan fingerprint density at radius 1 is 1.14 bits per heavy atom. The smallest absolute Gasteiger partial charge is 0.259 e. The molecule has 1 aromatic heterocycles. The van der Waals surface area contributed by atoms with Crippen LogP contribution < -0.4 is 11.1 Å². The molecule has 0 radical (unpaired) electrons. The quantitative estimate of drug-likeness (QED) is 0.734. The van der Waals surface area contributed by atoms with Crippen molar-refractivity contribution < 1.29 is 31.2 Å². The second-order valence-electron chi connectivity index (χ2n) is 6.37. The molecule has 0 unspecified atom stereocenters. The van der Waals surface area contributed by atoms with Crippen molar-refractivity contribution in [1.82, 2.24) is 4.31 Å². The van der Waals surface area contributed by atoms with Crippen molar-refractivity contribution in [2.75, 3.05) is 18.4 Å². The number of hydrogen-bond acceptors (Lipinski definition) is 5. The van der Waals surface area contributed by atoms with Gasteiger partial charge in [0.2, 0.25) is 0 Å². The molecule has 1 aromatic carbocycles. The van der Waals surface area contributed by atoms with Gasteiger partial charge >= 0.3 is 0 Å². The average Bonchev–Trinajstić information content (AvgIpc) is 3.06. The Hall–Kier alpha value is -2.44. The number of amides is 2. The molecule has 12 heteroatoms. The van der Waals surface area contributed by atoms with E-state index in [1.807, 2.05) is 0 Å². The summed E-state index contributed by atoms with van der Waals surface area (Å²) in [5, 5.41) is 2.12. The van der Waals surface area contributed by atoms with E-state index in [9.17, 15) is 31.2 Å². The molecule has 0 atom stereocenters. The van der Waals surface area contributed by atoms with Gasteiger partial charge in [-0.25, -0.2) is 21.6 Å². The maximum absolute atomic E-state index is 13.8. The molecule has 0 spiro atoms. The van der Waals surface area contributed by atoms with Gasteiger partial charge in [-0.3, -0.25) is 9.59 Å². The molecule has 29 heavy (non-hydrogen) atoms. The number of halogens is 3. The third-order valence-corrected chi connectivity index (χ3v) is 7.77. The number of primary amides is 1. The van der Waals surface area contributed by atoms with Gasteiger partial charge in [-0.2, -0.15) is 4.31 Å². The van der Waals surface area contributed by atoms with Crippen LogP contribution >= 0.6 is 11.3 Å². The van der Waals surface area contributed by atoms with Crippen molar-refractivity contribution in [3.63, 3.8) is 0 Å². The van der Waals surface area contributed by atoms with Crippen molar-refractivity contribution in [2.45, 2.75) is 23.0 Å². The normalized spacial score (nSPS) is 17.1. The Morgan fingerprint density at radius 3 is 2.34 bits per heavy atom. The Morgan fingerprint density at radius 2 is 1.76 bits per heavy atom. The second-order valence-corrected chi connectivity index (χ2v) is 9.58. The summed E-state index contributed by atoms with van der Waals surface area (Å²) in [5.41, 5.74) is 4.68. The number of hydrogen-bond donors (Lipinski definition) is 2. The van der Waals surface area contributed by atoms with Gasteiger partial charge < -0.3 is 11.1 Å². The molecule has 2 heterocycles. The molecule has 1 fully saturated rings. The molecule has 1 aliphatic rings. The Labute approximate surface area is 168 Å². The lowest BCUT2D eigenvalue weighted by Crippen LogP contribution is -2.42. The summed E-state index contributed by atoms with van der Waals surface area (Å²) in [7, 11) is -4.17. The van der Waals surface area contributed by atoms with Gasteiger partial charge in [0.15, 0.2) is 0 Å². The van der Waals surface area contributed by atoms with E-state index in [2.05, 4.69) is 5.32 Å². The van der Waals surface area contributed by atoms with Gasteiger partial charge in [0.05, 0.1) is 11.1 Å². The highest BCUT2D eigenvalue weighted by molar-refractivity contribution is 7.91. The maximum atomic E-state index is 13.8. The number of benzene rings is 1. The first-order chi connectivity index (χ1) is 13.5. The van der Waals surface area contributed by atoms with Crippen LogP contribution in [0.1, 0.15) is 33.6 Å². The Kier molecular flexibility index (Phi) is 5.70. The van der Waals surface area contributed by atoms with Crippen LogP contribution in [-0.2, 0) is 10.0 Å². The Balaban J connectivity index is 1.90. The SMILES string of the molecule is NC(=O)c1cc(S(=O)(=O)N2CCC(F)(F)CC2)sc1NC(=O)c1ccccc1F. The molecular formula is C17H16F3N3O4S2. The molecule has 2 aromatic rings. The predicted octanol–water partition coefficient (Wildman–Crippen LogP) is 2.66. The maximum Gasteiger partial charge on any atom is 0.259 e. The van der Waals surface area contributed by atoms with Gasteiger partial charge in [-0.15, -0.1) is 11.3 Å². The van der Waals surface area contributed by atoms with Crippen molar-refractivity contribution in [3.05, 3.63) is 47.3 Å². The molecule has 0 bridgehead atoms. The van der Waals surface area contributed by atoms with Crippen LogP contribution in [0.15, 0.2) is 34.5 Å². The van der Waals surface area contributed by atoms with E-state index in [1.165, 1.54) is 18.2 Å². The van der Waals surface area contributed by atoms with E-state index >= 15 is 0 Å². The topological polar surface area (TPSA) is 110 Å². The fourth-order valence-corrected chi connectivity index (χ4v) is 5.73. The molecular weight excluding hydrogens is 431 g/mol. The summed E-state index contributed by atoms with van der Waals surface area (Å²) in [6.45, 7) is -0.758. The largest absolute Gasteiger partial charge is 0.366 e. The van der Waals surface area contributed by atoms with E-state index in [0.29, 0.717) is 11.3 Å². The highest BCUT2D eigenvalue weighted by Crippen LogP contribution is 2.36. The van der Waals surface area contributed by atoms with E-state index in [0.717, 1.165) is 16.4 Å². The van der Waals surface area contributed by atoms with Crippen LogP contribution in [-0.4, -0.2) is 43.5 Å². The minimum absolute atomic E-state index is 0.174. The van der Waals surface area contributed by atoms with Crippen molar-refractivity contribution in [1.29, 1.82) is 0 Å². The summed E-state index contributed by atoms with van der Waals surface area (Å²) in [6, 6.07) is 6.09. The number of carbonyl (C=O) groups is 2. The van der Waals surface area contributed by atoms with Crippen LogP contribution in [0.3, 0.4) is 0 Å². The van der Waals surface area contributed by atoms with Crippen LogP contribution in [0.25, 0.3) is 0 Å². The first-order valence-corrected chi connectivity index (χ1v) is 10.6. The van der Waals surface area contributed by atoms with Gasteiger partial charge in [0.25, 0.3) is 27.8 Å². The van der Waals surface area contributed by atoms with Gasteiger partial charge in [-0.1, -0.05) is 12.1 Å². The molecule has 0 aliphatic carbocycles. The zero-order valence-corrected chi connectivity index (χ0v) is 16.5. The number of piperidine rings is 1. The Bertz CT molecular complexity index is 1060. The van der Waals surface area contributed by atoms with Crippen molar-refractivity contribution >= 4 is 38.2 Å². The fourth-order valence-electron chi connectivity index (χ4n) is 2.77. The minimum atomic E-state index is -4.17. The van der Waals surface area contributed by atoms with E-state index in [-0.39, 0.29) is 33.4 Å². The molecule has 156 valence electrons. The molecule has 7 nitrogen and oxygen atoms in total. The van der Waals surface area contributed by atoms with Crippen LogP contribution in [0.2, 0.25) is 0 Å². The summed E-state index contributed by atoms with van der Waals surface area (Å²) in [6.07, 6.45) is -1.23. The zero-order chi connectivity index (χ0) is 21.4. The van der Waals surface area contributed by atoms with Crippen LogP contribution in [0.5, 0.6) is 0 Å². The monoisotopic (exact) mass is 447 g/mol. The number of thiophene rings is 1. The molecule has 1 saturated heterocycles. The molecule has 3 rings (SSSR count). The first kappa shape index (κ1) is 21.3.